The fourth-order valence-corrected chi connectivity index (χ4v) is 5.28. The summed E-state index contributed by atoms with van der Waals surface area (Å²) >= 11 is 0. The molecule has 5 rings (SSSR count). The van der Waals surface area contributed by atoms with Gasteiger partial charge in [0.05, 0.1) is 23.8 Å². The summed E-state index contributed by atoms with van der Waals surface area (Å²) in [5.74, 6) is -3.39. The van der Waals surface area contributed by atoms with Crippen LogP contribution in [0, 0.1) is 11.6 Å². The van der Waals surface area contributed by atoms with Crippen molar-refractivity contribution in [2.24, 2.45) is 0 Å². The highest BCUT2D eigenvalue weighted by Gasteiger charge is 2.52. The standard InChI is InChI=1S/C28H26F2N2O5/c1-31-16-28(12-20(13-28)37-15-17-5-3-2-4-6-17)32-14-21(25(34)26(35)24(32)27(31)36)23(33)10-8-18-7-9-19(29)11-22(18)30/h2-7,9,11,14,20,35H,8,10,12-13,15-16H2,1H3. The van der Waals surface area contributed by atoms with Crippen molar-refractivity contribution in [3.8, 4) is 5.75 Å². The normalized spacial score (nSPS) is 20.6. The third-order valence-electron chi connectivity index (χ3n) is 7.26. The van der Waals surface area contributed by atoms with Gasteiger partial charge in [-0.15, -0.1) is 0 Å². The van der Waals surface area contributed by atoms with Crippen molar-refractivity contribution in [1.82, 2.24) is 9.47 Å². The van der Waals surface area contributed by atoms with Gasteiger partial charge in [0, 0.05) is 32.3 Å². The van der Waals surface area contributed by atoms with Gasteiger partial charge >= 0.3 is 0 Å². The number of benzene rings is 2. The van der Waals surface area contributed by atoms with Crippen LogP contribution >= 0.6 is 0 Å². The quantitative estimate of drug-likeness (QED) is 0.491. The Morgan fingerprint density at radius 2 is 1.86 bits per heavy atom. The van der Waals surface area contributed by atoms with Gasteiger partial charge in [0.25, 0.3) is 5.91 Å². The summed E-state index contributed by atoms with van der Waals surface area (Å²) in [5.41, 5.74) is -0.821. The molecule has 2 aliphatic rings. The molecule has 0 unspecified atom stereocenters. The zero-order chi connectivity index (χ0) is 26.3. The summed E-state index contributed by atoms with van der Waals surface area (Å²) in [7, 11) is 1.60. The zero-order valence-corrected chi connectivity index (χ0v) is 20.2. The van der Waals surface area contributed by atoms with Gasteiger partial charge in [0.2, 0.25) is 5.43 Å². The minimum Gasteiger partial charge on any atom is -0.503 e. The Balaban J connectivity index is 1.40. The molecule has 9 heteroatoms. The zero-order valence-electron chi connectivity index (χ0n) is 20.2. The lowest BCUT2D eigenvalue weighted by Gasteiger charge is -2.53. The molecule has 3 aromatic rings. The fraction of sp³-hybridized carbons (Fsp3) is 0.321. The third-order valence-corrected chi connectivity index (χ3v) is 7.26. The number of hydrogen-bond acceptors (Lipinski definition) is 5. The van der Waals surface area contributed by atoms with Crippen LogP contribution in [0.25, 0.3) is 0 Å². The van der Waals surface area contributed by atoms with E-state index >= 15 is 0 Å². The number of aromatic hydroxyl groups is 1. The van der Waals surface area contributed by atoms with Gasteiger partial charge in [0.15, 0.2) is 17.2 Å². The molecular formula is C28H26F2N2O5. The van der Waals surface area contributed by atoms with E-state index in [-0.39, 0.29) is 35.8 Å². The van der Waals surface area contributed by atoms with E-state index in [4.69, 9.17) is 4.74 Å². The van der Waals surface area contributed by atoms with E-state index in [2.05, 4.69) is 0 Å². The number of pyridine rings is 1. The van der Waals surface area contributed by atoms with Gasteiger partial charge in [-0.2, -0.15) is 0 Å². The number of nitrogens with zero attached hydrogens (tertiary/aromatic N) is 2. The summed E-state index contributed by atoms with van der Waals surface area (Å²) in [6.07, 6.45) is 2.04. The second kappa shape index (κ2) is 9.55. The number of Topliss-reactive ketones (excluding diaryl/α,β-unsaturated/α-hetero) is 1. The van der Waals surface area contributed by atoms with Gasteiger partial charge in [-0.3, -0.25) is 14.4 Å². The number of halogens is 2. The van der Waals surface area contributed by atoms with Crippen LogP contribution in [0.3, 0.4) is 0 Å². The predicted octanol–water partition coefficient (Wildman–Crippen LogP) is 3.81. The molecule has 0 atom stereocenters. The van der Waals surface area contributed by atoms with E-state index in [9.17, 15) is 28.3 Å². The molecule has 1 spiro atoms. The van der Waals surface area contributed by atoms with Crippen molar-refractivity contribution < 1.29 is 28.2 Å². The van der Waals surface area contributed by atoms with Gasteiger partial charge in [-0.1, -0.05) is 36.4 Å². The Labute approximate surface area is 211 Å². The van der Waals surface area contributed by atoms with Gasteiger partial charge in [0.1, 0.15) is 11.6 Å². The van der Waals surface area contributed by atoms with Crippen molar-refractivity contribution in [3.05, 3.63) is 99.0 Å². The molecule has 1 aliphatic heterocycles. The Morgan fingerprint density at radius 1 is 1.14 bits per heavy atom. The SMILES string of the molecule is CN1CC2(CC(OCc3ccccc3)C2)n2cc(C(=O)CCc3ccc(F)cc3F)c(=O)c(O)c2C1=O. The highest BCUT2D eigenvalue weighted by molar-refractivity contribution is 6.00. The molecular weight excluding hydrogens is 482 g/mol. The first-order valence-corrected chi connectivity index (χ1v) is 12.1. The molecule has 0 radical (unpaired) electrons. The number of hydrogen-bond donors (Lipinski definition) is 1. The molecule has 1 N–H and O–H groups in total. The monoisotopic (exact) mass is 508 g/mol. The summed E-state index contributed by atoms with van der Waals surface area (Å²) in [4.78, 5) is 40.2. The summed E-state index contributed by atoms with van der Waals surface area (Å²) in [6, 6.07) is 12.8. The van der Waals surface area contributed by atoms with Crippen LogP contribution in [-0.4, -0.2) is 46.0 Å². The van der Waals surface area contributed by atoms with E-state index < -0.39 is 40.0 Å². The Hall–Kier alpha value is -3.85. The number of amides is 1. The lowest BCUT2D eigenvalue weighted by molar-refractivity contribution is -0.0929. The number of likely N-dealkylation sites (N-methyl/N-ethyl adjacent to an activating group) is 1. The Morgan fingerprint density at radius 3 is 2.57 bits per heavy atom. The van der Waals surface area contributed by atoms with Gasteiger partial charge in [-0.05, 0) is 36.5 Å². The molecule has 1 aliphatic carbocycles. The van der Waals surface area contributed by atoms with Gasteiger partial charge < -0.3 is 19.3 Å². The minimum atomic E-state index is -0.939. The number of carbonyl (C=O) groups is 2. The van der Waals surface area contributed by atoms with Crippen molar-refractivity contribution in [2.75, 3.05) is 13.6 Å². The summed E-state index contributed by atoms with van der Waals surface area (Å²) < 4.78 is 34.8. The van der Waals surface area contributed by atoms with Crippen LogP contribution in [0.2, 0.25) is 0 Å². The van der Waals surface area contributed by atoms with Gasteiger partial charge in [-0.25, -0.2) is 8.78 Å². The second-order valence-electron chi connectivity index (χ2n) is 9.81. The maximum absolute atomic E-state index is 14.0. The first-order chi connectivity index (χ1) is 17.7. The molecule has 192 valence electrons. The molecule has 0 saturated heterocycles. The van der Waals surface area contributed by atoms with E-state index in [0.29, 0.717) is 26.0 Å². The summed E-state index contributed by atoms with van der Waals surface area (Å²) in [5, 5.41) is 10.7. The number of ether oxygens (including phenoxy) is 1. The van der Waals surface area contributed by atoms with E-state index in [1.807, 2.05) is 30.3 Å². The molecule has 1 fully saturated rings. The third kappa shape index (κ3) is 4.55. The second-order valence-corrected chi connectivity index (χ2v) is 9.81. The fourth-order valence-electron chi connectivity index (χ4n) is 5.28. The van der Waals surface area contributed by atoms with Crippen molar-refractivity contribution in [1.29, 1.82) is 0 Å². The number of carbonyl (C=O) groups excluding carboxylic acids is 2. The number of rotatable bonds is 7. The first kappa shape index (κ1) is 24.8. The first-order valence-electron chi connectivity index (χ1n) is 12.1. The maximum atomic E-state index is 14.0. The van der Waals surface area contributed by atoms with Crippen LogP contribution in [0.5, 0.6) is 5.75 Å². The smallest absolute Gasteiger partial charge is 0.274 e. The molecule has 1 aromatic heterocycles. The largest absolute Gasteiger partial charge is 0.503 e. The van der Waals surface area contributed by atoms with Crippen molar-refractivity contribution in [3.63, 3.8) is 0 Å². The lowest BCUT2D eigenvalue weighted by atomic mass is 9.72. The molecule has 7 nitrogen and oxygen atoms in total. The van der Waals surface area contributed by atoms with Crippen LogP contribution in [-0.2, 0) is 23.3 Å². The van der Waals surface area contributed by atoms with Crippen molar-refractivity contribution in [2.45, 2.75) is 43.9 Å². The van der Waals surface area contributed by atoms with E-state index in [0.717, 1.165) is 17.7 Å². The maximum Gasteiger partial charge on any atom is 0.274 e. The molecule has 2 aromatic carbocycles. The number of ketones is 1. The van der Waals surface area contributed by atoms with Crippen LogP contribution in [0.4, 0.5) is 8.78 Å². The number of aryl methyl sites for hydroxylation is 1. The minimum absolute atomic E-state index is 0.0465. The van der Waals surface area contributed by atoms with Crippen LogP contribution in [0.1, 0.15) is 51.2 Å². The number of fused-ring (bicyclic) bond motifs is 2. The average Bonchev–Trinajstić information content (AvgIpc) is 2.85. The van der Waals surface area contributed by atoms with E-state index in [1.165, 1.54) is 17.2 Å². The molecule has 2 heterocycles. The topological polar surface area (TPSA) is 88.8 Å². The average molecular weight is 509 g/mol. The number of aromatic nitrogens is 1. The lowest BCUT2D eigenvalue weighted by Crippen LogP contribution is -2.61. The Bertz CT molecular complexity index is 1430. The van der Waals surface area contributed by atoms with Crippen LogP contribution in [0.15, 0.2) is 59.5 Å². The molecule has 37 heavy (non-hydrogen) atoms. The van der Waals surface area contributed by atoms with Crippen LogP contribution < -0.4 is 5.43 Å². The van der Waals surface area contributed by atoms with Crippen molar-refractivity contribution >= 4 is 11.7 Å². The molecule has 1 saturated carbocycles. The highest BCUT2D eigenvalue weighted by Crippen LogP contribution is 2.46. The van der Waals surface area contributed by atoms with E-state index in [1.54, 1.807) is 11.6 Å². The Kier molecular flexibility index (Phi) is 6.41. The summed E-state index contributed by atoms with van der Waals surface area (Å²) in [6.45, 7) is 0.767. The molecule has 0 bridgehead atoms. The predicted molar refractivity (Wildman–Crippen MR) is 131 cm³/mol. The highest BCUT2D eigenvalue weighted by atomic mass is 19.1. The molecule has 1 amide bonds.